The highest BCUT2D eigenvalue weighted by molar-refractivity contribution is 5.80. The second kappa shape index (κ2) is 2.61. The Labute approximate surface area is 78.5 Å². The van der Waals surface area contributed by atoms with Crippen molar-refractivity contribution in [2.45, 2.75) is 37.8 Å². The molecular formula is C9H17N3O. The average Bonchev–Trinajstić information content (AvgIpc) is 2.29. The summed E-state index contributed by atoms with van der Waals surface area (Å²) in [7, 11) is 0. The lowest BCUT2D eigenvalue weighted by atomic mass is 9.82. The zero-order chi connectivity index (χ0) is 9.53. The summed E-state index contributed by atoms with van der Waals surface area (Å²) in [4.78, 5) is 4.21. The summed E-state index contributed by atoms with van der Waals surface area (Å²) in [6.45, 7) is 5.82. The van der Waals surface area contributed by atoms with E-state index in [0.29, 0.717) is 5.96 Å². The molecule has 2 rings (SSSR count). The highest BCUT2D eigenvalue weighted by atomic mass is 16.5. The Hall–Kier alpha value is -0.770. The fourth-order valence-electron chi connectivity index (χ4n) is 2.31. The van der Waals surface area contributed by atoms with Gasteiger partial charge in [0, 0.05) is 13.0 Å². The maximum Gasteiger partial charge on any atom is 0.189 e. The van der Waals surface area contributed by atoms with Crippen LogP contribution in [-0.2, 0) is 4.74 Å². The van der Waals surface area contributed by atoms with Crippen molar-refractivity contribution in [3.05, 3.63) is 0 Å². The van der Waals surface area contributed by atoms with E-state index >= 15 is 0 Å². The molecule has 2 aliphatic heterocycles. The maximum atomic E-state index is 5.66. The molecule has 2 aliphatic rings. The average molecular weight is 183 g/mol. The van der Waals surface area contributed by atoms with Gasteiger partial charge < -0.3 is 15.8 Å². The van der Waals surface area contributed by atoms with Gasteiger partial charge in [0.15, 0.2) is 5.96 Å². The molecule has 0 aliphatic carbocycles. The summed E-state index contributed by atoms with van der Waals surface area (Å²) >= 11 is 0. The van der Waals surface area contributed by atoms with Crippen molar-refractivity contribution in [2.75, 3.05) is 13.2 Å². The maximum absolute atomic E-state index is 5.66. The molecule has 3 N–H and O–H groups in total. The molecular weight excluding hydrogens is 166 g/mol. The van der Waals surface area contributed by atoms with E-state index in [-0.39, 0.29) is 11.1 Å². The number of hydrogen-bond acceptors (Lipinski definition) is 4. The smallest absolute Gasteiger partial charge is 0.189 e. The van der Waals surface area contributed by atoms with Crippen LogP contribution in [0, 0.1) is 0 Å². The lowest BCUT2D eigenvalue weighted by molar-refractivity contribution is -0.0802. The van der Waals surface area contributed by atoms with Crippen LogP contribution in [0.3, 0.4) is 0 Å². The van der Waals surface area contributed by atoms with Crippen LogP contribution in [0.2, 0.25) is 0 Å². The van der Waals surface area contributed by atoms with Crippen molar-refractivity contribution >= 4 is 5.96 Å². The minimum Gasteiger partial charge on any atom is -0.375 e. The van der Waals surface area contributed by atoms with Gasteiger partial charge >= 0.3 is 0 Å². The van der Waals surface area contributed by atoms with E-state index in [0.717, 1.165) is 26.0 Å². The molecule has 0 radical (unpaired) electrons. The molecule has 0 aromatic carbocycles. The van der Waals surface area contributed by atoms with Crippen molar-refractivity contribution in [2.24, 2.45) is 10.7 Å². The Morgan fingerprint density at radius 3 is 2.85 bits per heavy atom. The largest absolute Gasteiger partial charge is 0.375 e. The Bertz CT molecular complexity index is 249. The van der Waals surface area contributed by atoms with E-state index < -0.39 is 0 Å². The van der Waals surface area contributed by atoms with Crippen molar-refractivity contribution < 1.29 is 4.74 Å². The molecule has 0 bridgehead atoms. The van der Waals surface area contributed by atoms with Crippen molar-refractivity contribution in [1.29, 1.82) is 0 Å². The number of guanidine groups is 1. The Morgan fingerprint density at radius 2 is 2.31 bits per heavy atom. The zero-order valence-corrected chi connectivity index (χ0v) is 8.26. The lowest BCUT2D eigenvalue weighted by Crippen LogP contribution is -2.56. The molecule has 1 unspecified atom stereocenters. The molecule has 0 saturated carbocycles. The minimum atomic E-state index is -0.0502. The molecule has 1 spiro atoms. The summed E-state index contributed by atoms with van der Waals surface area (Å²) in [5.74, 6) is 0.581. The van der Waals surface area contributed by atoms with Crippen LogP contribution in [0.25, 0.3) is 0 Å². The molecule has 4 nitrogen and oxygen atoms in total. The van der Waals surface area contributed by atoms with Gasteiger partial charge in [-0.15, -0.1) is 0 Å². The number of nitrogens with one attached hydrogen (secondary N) is 1. The molecule has 2 heterocycles. The van der Waals surface area contributed by atoms with Gasteiger partial charge in [0.05, 0.1) is 17.7 Å². The van der Waals surface area contributed by atoms with E-state index in [9.17, 15) is 0 Å². The van der Waals surface area contributed by atoms with Gasteiger partial charge in [-0.25, -0.2) is 0 Å². The number of nitrogens with two attached hydrogens (primary N) is 1. The second-order valence-electron chi connectivity index (χ2n) is 4.64. The summed E-state index contributed by atoms with van der Waals surface area (Å²) < 4.78 is 5.66. The molecule has 0 aromatic rings. The van der Waals surface area contributed by atoms with E-state index in [2.05, 4.69) is 24.2 Å². The Balaban J connectivity index is 2.09. The first-order chi connectivity index (χ1) is 6.02. The fourth-order valence-corrected chi connectivity index (χ4v) is 2.31. The van der Waals surface area contributed by atoms with Crippen molar-refractivity contribution in [3.8, 4) is 0 Å². The molecule has 13 heavy (non-hydrogen) atoms. The number of rotatable bonds is 0. The van der Waals surface area contributed by atoms with Crippen LogP contribution in [0.4, 0.5) is 0 Å². The Morgan fingerprint density at radius 1 is 1.54 bits per heavy atom. The predicted molar refractivity (Wildman–Crippen MR) is 51.6 cm³/mol. The number of nitrogens with zero attached hydrogens (tertiary/aromatic N) is 1. The first kappa shape index (κ1) is 8.81. The third-order valence-electron chi connectivity index (χ3n) is 2.78. The normalized spacial score (nSPS) is 37.2. The number of hydrogen-bond donors (Lipinski definition) is 2. The monoisotopic (exact) mass is 183 g/mol. The van der Waals surface area contributed by atoms with Crippen LogP contribution in [0.5, 0.6) is 0 Å². The van der Waals surface area contributed by atoms with Crippen LogP contribution >= 0.6 is 0 Å². The first-order valence-corrected chi connectivity index (χ1v) is 4.74. The number of ether oxygens (including phenoxy) is 1. The van der Waals surface area contributed by atoms with E-state index in [1.54, 1.807) is 0 Å². The second-order valence-corrected chi connectivity index (χ2v) is 4.64. The molecule has 0 amide bonds. The summed E-state index contributed by atoms with van der Waals surface area (Å²) in [6, 6.07) is 0. The molecule has 1 atom stereocenters. The summed E-state index contributed by atoms with van der Waals surface area (Å²) in [6.07, 6.45) is 1.98. The standard InChI is InChI=1S/C9H17N3O/c1-8(2)5-9(3-4-13-8)6-11-7(10)12-9/h3-6H2,1-2H3,(H3,10,11,12). The molecule has 1 saturated heterocycles. The zero-order valence-electron chi connectivity index (χ0n) is 8.26. The Kier molecular flexibility index (Phi) is 1.77. The SMILES string of the molecule is CC1(C)CC2(CCO1)CN=C(N)N2. The van der Waals surface area contributed by atoms with Gasteiger partial charge in [0.25, 0.3) is 0 Å². The topological polar surface area (TPSA) is 59.6 Å². The molecule has 74 valence electrons. The van der Waals surface area contributed by atoms with Gasteiger partial charge in [0.2, 0.25) is 0 Å². The van der Waals surface area contributed by atoms with Gasteiger partial charge in [-0.05, 0) is 20.3 Å². The lowest BCUT2D eigenvalue weighted by Gasteiger charge is -2.42. The van der Waals surface area contributed by atoms with Gasteiger partial charge in [0.1, 0.15) is 0 Å². The third-order valence-corrected chi connectivity index (χ3v) is 2.78. The highest BCUT2D eigenvalue weighted by Gasteiger charge is 2.43. The van der Waals surface area contributed by atoms with Gasteiger partial charge in [-0.1, -0.05) is 0 Å². The molecule has 4 heteroatoms. The minimum absolute atomic E-state index is 0.0502. The molecule has 0 aromatic heterocycles. The van der Waals surface area contributed by atoms with Crippen molar-refractivity contribution in [3.63, 3.8) is 0 Å². The highest BCUT2D eigenvalue weighted by Crippen LogP contribution is 2.33. The van der Waals surface area contributed by atoms with Crippen LogP contribution < -0.4 is 11.1 Å². The van der Waals surface area contributed by atoms with E-state index in [1.165, 1.54) is 0 Å². The fraction of sp³-hybridized carbons (Fsp3) is 0.889. The van der Waals surface area contributed by atoms with E-state index in [4.69, 9.17) is 10.5 Å². The third kappa shape index (κ3) is 1.63. The summed E-state index contributed by atoms with van der Waals surface area (Å²) in [5, 5.41) is 3.27. The molecule has 1 fully saturated rings. The van der Waals surface area contributed by atoms with Crippen LogP contribution in [0.15, 0.2) is 4.99 Å². The predicted octanol–water partition coefficient (Wildman–Crippen LogP) is 0.232. The van der Waals surface area contributed by atoms with Gasteiger partial charge in [-0.2, -0.15) is 0 Å². The number of aliphatic imine (C=N–C) groups is 1. The van der Waals surface area contributed by atoms with Crippen molar-refractivity contribution in [1.82, 2.24) is 5.32 Å². The quantitative estimate of drug-likeness (QED) is 0.565. The van der Waals surface area contributed by atoms with Crippen LogP contribution in [-0.4, -0.2) is 30.3 Å². The van der Waals surface area contributed by atoms with E-state index in [1.807, 2.05) is 0 Å². The van der Waals surface area contributed by atoms with Gasteiger partial charge in [-0.3, -0.25) is 4.99 Å². The first-order valence-electron chi connectivity index (χ1n) is 4.74. The summed E-state index contributed by atoms with van der Waals surface area (Å²) in [5.41, 5.74) is 5.65. The van der Waals surface area contributed by atoms with Crippen LogP contribution in [0.1, 0.15) is 26.7 Å².